The Morgan fingerprint density at radius 2 is 2.05 bits per heavy atom. The summed E-state index contributed by atoms with van der Waals surface area (Å²) in [5.74, 6) is 0.777. The number of aryl methyl sites for hydroxylation is 2. The summed E-state index contributed by atoms with van der Waals surface area (Å²) in [5.41, 5.74) is 4.45. The lowest BCUT2D eigenvalue weighted by Gasteiger charge is -2.15. The fourth-order valence-electron chi connectivity index (χ4n) is 2.24. The Balaban J connectivity index is 2.27. The molecule has 0 saturated heterocycles. The summed E-state index contributed by atoms with van der Waals surface area (Å²) in [6.45, 7) is 9.45. The Morgan fingerprint density at radius 3 is 2.67 bits per heavy atom. The van der Waals surface area contributed by atoms with Crippen molar-refractivity contribution in [3.05, 3.63) is 45.7 Å². The summed E-state index contributed by atoms with van der Waals surface area (Å²) in [7, 11) is 0. The van der Waals surface area contributed by atoms with Gasteiger partial charge in [-0.2, -0.15) is 0 Å². The highest BCUT2D eigenvalue weighted by molar-refractivity contribution is 9.10. The normalized spacial score (nSPS) is 12.4. The van der Waals surface area contributed by atoms with E-state index < -0.39 is 0 Å². The van der Waals surface area contributed by atoms with Gasteiger partial charge in [-0.15, -0.1) is 0 Å². The molecule has 21 heavy (non-hydrogen) atoms. The van der Waals surface area contributed by atoms with E-state index in [1.165, 1.54) is 11.1 Å². The number of hydrogen-bond acceptors (Lipinski definition) is 3. The first kappa shape index (κ1) is 16.1. The monoisotopic (exact) mass is 347 g/mol. The first-order chi connectivity index (χ1) is 10.0. The Hall–Kier alpha value is -1.26. The van der Waals surface area contributed by atoms with Gasteiger partial charge in [0.2, 0.25) is 0 Å². The van der Waals surface area contributed by atoms with Crippen LogP contribution >= 0.6 is 15.9 Å². The van der Waals surface area contributed by atoms with Crippen molar-refractivity contribution in [2.45, 2.75) is 40.2 Å². The van der Waals surface area contributed by atoms with Crippen LogP contribution in [0.5, 0.6) is 0 Å². The van der Waals surface area contributed by atoms with Crippen LogP contribution in [0.25, 0.3) is 11.4 Å². The summed E-state index contributed by atoms with van der Waals surface area (Å²) >= 11 is 3.56. The average molecular weight is 348 g/mol. The Bertz CT molecular complexity index is 625. The van der Waals surface area contributed by atoms with Gasteiger partial charge in [-0.05, 0) is 45.4 Å². The molecule has 0 amide bonds. The predicted molar refractivity (Wildman–Crippen MR) is 91.4 cm³/mol. The zero-order valence-electron chi connectivity index (χ0n) is 13.1. The molecule has 1 aromatic heterocycles. The van der Waals surface area contributed by atoms with Crippen molar-refractivity contribution in [3.8, 4) is 11.4 Å². The lowest BCUT2D eigenvalue weighted by Crippen LogP contribution is -2.20. The minimum atomic E-state index is 0.281. The van der Waals surface area contributed by atoms with Crippen LogP contribution in [-0.2, 0) is 0 Å². The third-order valence-corrected chi connectivity index (χ3v) is 4.47. The summed E-state index contributed by atoms with van der Waals surface area (Å²) < 4.78 is 1.09. The van der Waals surface area contributed by atoms with Crippen LogP contribution in [-0.4, -0.2) is 16.5 Å². The van der Waals surface area contributed by atoms with Crippen molar-refractivity contribution in [1.82, 2.24) is 15.3 Å². The molecule has 4 heteroatoms. The molecule has 0 bridgehead atoms. The molecule has 2 rings (SSSR count). The fraction of sp³-hybridized carbons (Fsp3) is 0.412. The molecular formula is C17H22BrN3. The van der Waals surface area contributed by atoms with Gasteiger partial charge in [0.05, 0.1) is 0 Å². The summed E-state index contributed by atoms with van der Waals surface area (Å²) in [6, 6.07) is 6.50. The molecule has 0 saturated carbocycles. The van der Waals surface area contributed by atoms with Crippen molar-refractivity contribution in [1.29, 1.82) is 0 Å². The molecule has 1 aromatic carbocycles. The number of halogens is 1. The Kier molecular flexibility index (Phi) is 5.48. The standard InChI is InChI=1S/C17H22BrN3/c1-5-8-19-12(3)15-10-20-17(21-13(15)4)14-7-6-11(2)16(18)9-14/h6-7,9-10,12,19H,5,8H2,1-4H3. The molecule has 0 spiro atoms. The highest BCUT2D eigenvalue weighted by Crippen LogP contribution is 2.24. The van der Waals surface area contributed by atoms with Gasteiger partial charge in [0.1, 0.15) is 0 Å². The number of hydrogen-bond donors (Lipinski definition) is 1. The van der Waals surface area contributed by atoms with Crippen molar-refractivity contribution in [2.75, 3.05) is 6.54 Å². The lowest BCUT2D eigenvalue weighted by molar-refractivity contribution is 0.564. The Morgan fingerprint density at radius 1 is 1.29 bits per heavy atom. The lowest BCUT2D eigenvalue weighted by atomic mass is 10.1. The minimum absolute atomic E-state index is 0.281. The first-order valence-corrected chi connectivity index (χ1v) is 8.15. The SMILES string of the molecule is CCCNC(C)c1cnc(-c2ccc(C)c(Br)c2)nc1C. The zero-order chi connectivity index (χ0) is 15.4. The summed E-state index contributed by atoms with van der Waals surface area (Å²) in [6.07, 6.45) is 3.07. The van der Waals surface area contributed by atoms with Crippen molar-refractivity contribution in [2.24, 2.45) is 0 Å². The maximum atomic E-state index is 4.67. The molecular weight excluding hydrogens is 326 g/mol. The van der Waals surface area contributed by atoms with Gasteiger partial charge in [-0.3, -0.25) is 0 Å². The number of nitrogens with one attached hydrogen (secondary N) is 1. The summed E-state index contributed by atoms with van der Waals surface area (Å²) in [4.78, 5) is 9.21. The topological polar surface area (TPSA) is 37.8 Å². The molecule has 1 unspecified atom stereocenters. The van der Waals surface area contributed by atoms with Gasteiger partial charge >= 0.3 is 0 Å². The predicted octanol–water partition coefficient (Wildman–Crippen LogP) is 4.58. The molecule has 0 radical (unpaired) electrons. The molecule has 1 heterocycles. The van der Waals surface area contributed by atoms with Crippen LogP contribution in [0, 0.1) is 13.8 Å². The van der Waals surface area contributed by atoms with E-state index in [-0.39, 0.29) is 6.04 Å². The van der Waals surface area contributed by atoms with Crippen molar-refractivity contribution < 1.29 is 0 Å². The summed E-state index contributed by atoms with van der Waals surface area (Å²) in [5, 5.41) is 3.48. The number of nitrogens with zero attached hydrogens (tertiary/aromatic N) is 2. The largest absolute Gasteiger partial charge is 0.310 e. The van der Waals surface area contributed by atoms with Crippen molar-refractivity contribution in [3.63, 3.8) is 0 Å². The highest BCUT2D eigenvalue weighted by Gasteiger charge is 2.11. The Labute approximate surface area is 135 Å². The van der Waals surface area contributed by atoms with E-state index >= 15 is 0 Å². The molecule has 112 valence electrons. The third kappa shape index (κ3) is 3.89. The third-order valence-electron chi connectivity index (χ3n) is 3.61. The van der Waals surface area contributed by atoms with Gasteiger partial charge < -0.3 is 5.32 Å². The van der Waals surface area contributed by atoms with Gasteiger partial charge in [-0.1, -0.05) is 35.0 Å². The first-order valence-electron chi connectivity index (χ1n) is 7.36. The maximum absolute atomic E-state index is 4.67. The van der Waals surface area contributed by atoms with Gasteiger partial charge in [0, 0.05) is 33.5 Å². The van der Waals surface area contributed by atoms with Crippen molar-refractivity contribution >= 4 is 15.9 Å². The molecule has 3 nitrogen and oxygen atoms in total. The number of benzene rings is 1. The van der Waals surface area contributed by atoms with Gasteiger partial charge in [-0.25, -0.2) is 9.97 Å². The molecule has 0 aliphatic carbocycles. The van der Waals surface area contributed by atoms with Crippen LogP contribution in [0.15, 0.2) is 28.9 Å². The highest BCUT2D eigenvalue weighted by atomic mass is 79.9. The maximum Gasteiger partial charge on any atom is 0.159 e. The van der Waals surface area contributed by atoms with Crippen LogP contribution in [0.1, 0.15) is 43.1 Å². The number of rotatable bonds is 5. The molecule has 0 aliphatic heterocycles. The molecule has 1 atom stereocenters. The van der Waals surface area contributed by atoms with E-state index in [1.54, 1.807) is 0 Å². The van der Waals surface area contributed by atoms with Crippen LogP contribution in [0.2, 0.25) is 0 Å². The second-order valence-corrected chi connectivity index (χ2v) is 6.23. The molecule has 0 fully saturated rings. The quantitative estimate of drug-likeness (QED) is 0.859. The zero-order valence-corrected chi connectivity index (χ0v) is 14.7. The van der Waals surface area contributed by atoms with Gasteiger partial charge in [0.25, 0.3) is 0 Å². The van der Waals surface area contributed by atoms with Gasteiger partial charge in [0.15, 0.2) is 5.82 Å². The molecule has 1 N–H and O–H groups in total. The minimum Gasteiger partial charge on any atom is -0.310 e. The van der Waals surface area contributed by atoms with E-state index in [4.69, 9.17) is 0 Å². The van der Waals surface area contributed by atoms with E-state index in [9.17, 15) is 0 Å². The van der Waals surface area contributed by atoms with E-state index in [2.05, 4.69) is 70.2 Å². The molecule has 2 aromatic rings. The fourth-order valence-corrected chi connectivity index (χ4v) is 2.62. The van der Waals surface area contributed by atoms with E-state index in [1.807, 2.05) is 13.1 Å². The van der Waals surface area contributed by atoms with E-state index in [0.717, 1.165) is 34.5 Å². The average Bonchev–Trinajstić information content (AvgIpc) is 2.47. The second kappa shape index (κ2) is 7.14. The smallest absolute Gasteiger partial charge is 0.159 e. The van der Waals surface area contributed by atoms with E-state index in [0.29, 0.717) is 0 Å². The molecule has 0 aliphatic rings. The van der Waals surface area contributed by atoms with Crippen LogP contribution < -0.4 is 5.32 Å². The van der Waals surface area contributed by atoms with Crippen LogP contribution in [0.4, 0.5) is 0 Å². The second-order valence-electron chi connectivity index (χ2n) is 5.37. The van der Waals surface area contributed by atoms with Crippen LogP contribution in [0.3, 0.4) is 0 Å². The number of aromatic nitrogens is 2.